The van der Waals surface area contributed by atoms with Gasteiger partial charge in [0.15, 0.2) is 0 Å². The SMILES string of the molecule is NC(=O)Nc1cc(C#Cc2ccc(C(F)(F)F)cc2)sc1C(=O)N[C@H]1CCCNC1. The average Bonchev–Trinajstić information content (AvgIpc) is 3.09. The fourth-order valence-electron chi connectivity index (χ4n) is 2.95. The first-order valence-corrected chi connectivity index (χ1v) is 9.95. The zero-order valence-electron chi connectivity index (χ0n) is 15.7. The zero-order chi connectivity index (χ0) is 21.7. The van der Waals surface area contributed by atoms with Crippen molar-refractivity contribution >= 4 is 29.0 Å². The van der Waals surface area contributed by atoms with Gasteiger partial charge in [0.2, 0.25) is 0 Å². The summed E-state index contributed by atoms with van der Waals surface area (Å²) < 4.78 is 37.9. The van der Waals surface area contributed by atoms with Gasteiger partial charge >= 0.3 is 12.2 Å². The summed E-state index contributed by atoms with van der Waals surface area (Å²) in [5.41, 5.74) is 5.06. The maximum Gasteiger partial charge on any atom is 0.416 e. The highest BCUT2D eigenvalue weighted by molar-refractivity contribution is 7.15. The number of hydrogen-bond donors (Lipinski definition) is 4. The van der Waals surface area contributed by atoms with Gasteiger partial charge in [0, 0.05) is 18.2 Å². The lowest BCUT2D eigenvalue weighted by Crippen LogP contribution is -2.45. The summed E-state index contributed by atoms with van der Waals surface area (Å²) in [6.45, 7) is 1.57. The predicted octanol–water partition coefficient (Wildman–Crippen LogP) is 3.14. The van der Waals surface area contributed by atoms with Gasteiger partial charge in [-0.05, 0) is 49.7 Å². The maximum absolute atomic E-state index is 12.7. The Balaban J connectivity index is 1.79. The molecule has 1 atom stereocenters. The molecule has 2 aromatic rings. The molecule has 1 aliphatic rings. The minimum absolute atomic E-state index is 0.0172. The first kappa shape index (κ1) is 21.7. The van der Waals surface area contributed by atoms with Crippen molar-refractivity contribution in [1.29, 1.82) is 0 Å². The number of carbonyl (C=O) groups excluding carboxylic acids is 2. The zero-order valence-corrected chi connectivity index (χ0v) is 16.5. The van der Waals surface area contributed by atoms with Crippen LogP contribution >= 0.6 is 11.3 Å². The van der Waals surface area contributed by atoms with E-state index < -0.39 is 17.8 Å². The Morgan fingerprint density at radius 2 is 1.93 bits per heavy atom. The Hall–Kier alpha value is -3.03. The Morgan fingerprint density at radius 3 is 2.53 bits per heavy atom. The fourth-order valence-corrected chi connectivity index (χ4v) is 3.82. The average molecular weight is 436 g/mol. The number of hydrogen-bond acceptors (Lipinski definition) is 4. The number of anilines is 1. The highest BCUT2D eigenvalue weighted by atomic mass is 32.1. The van der Waals surface area contributed by atoms with Crippen LogP contribution in [0.4, 0.5) is 23.7 Å². The third-order valence-corrected chi connectivity index (χ3v) is 5.42. The fraction of sp³-hybridized carbons (Fsp3) is 0.300. The van der Waals surface area contributed by atoms with E-state index in [0.29, 0.717) is 17.0 Å². The van der Waals surface area contributed by atoms with Crippen molar-refractivity contribution in [2.45, 2.75) is 25.1 Å². The van der Waals surface area contributed by atoms with Crippen LogP contribution in [-0.2, 0) is 6.18 Å². The van der Waals surface area contributed by atoms with E-state index in [9.17, 15) is 22.8 Å². The number of amides is 3. The first-order chi connectivity index (χ1) is 14.2. The molecule has 0 spiro atoms. The molecule has 6 nitrogen and oxygen atoms in total. The van der Waals surface area contributed by atoms with E-state index >= 15 is 0 Å². The largest absolute Gasteiger partial charge is 0.416 e. The summed E-state index contributed by atoms with van der Waals surface area (Å²) in [6.07, 6.45) is -2.61. The summed E-state index contributed by atoms with van der Waals surface area (Å²) in [7, 11) is 0. The monoisotopic (exact) mass is 436 g/mol. The smallest absolute Gasteiger partial charge is 0.351 e. The van der Waals surface area contributed by atoms with E-state index in [1.165, 1.54) is 18.2 Å². The molecule has 0 aliphatic carbocycles. The van der Waals surface area contributed by atoms with Gasteiger partial charge in [0.1, 0.15) is 4.88 Å². The molecule has 0 saturated carbocycles. The molecule has 2 heterocycles. The quantitative estimate of drug-likeness (QED) is 0.557. The lowest BCUT2D eigenvalue weighted by molar-refractivity contribution is -0.137. The van der Waals surface area contributed by atoms with Gasteiger partial charge in [-0.3, -0.25) is 4.79 Å². The molecule has 0 radical (unpaired) electrons. The number of rotatable bonds is 3. The van der Waals surface area contributed by atoms with E-state index in [0.717, 1.165) is 42.9 Å². The standard InChI is InChI=1S/C20H19F3N4O2S/c21-20(22,23)13-6-3-12(4-7-13)5-8-15-10-16(27-19(24)29)17(30-15)18(28)26-14-2-1-9-25-11-14/h3-4,6-7,10,14,25H,1-2,9,11H2,(H,26,28)(H3,24,27,29)/t14-/m0/s1. The van der Waals surface area contributed by atoms with Crippen molar-refractivity contribution in [3.63, 3.8) is 0 Å². The molecule has 10 heteroatoms. The topological polar surface area (TPSA) is 96.2 Å². The van der Waals surface area contributed by atoms with E-state index in [1.807, 2.05) is 0 Å². The van der Waals surface area contributed by atoms with Crippen LogP contribution in [0.5, 0.6) is 0 Å². The molecular weight excluding hydrogens is 417 g/mol. The lowest BCUT2D eigenvalue weighted by atomic mass is 10.1. The Labute approximate surface area is 175 Å². The van der Waals surface area contributed by atoms with E-state index in [2.05, 4.69) is 27.8 Å². The van der Waals surface area contributed by atoms with Crippen molar-refractivity contribution < 1.29 is 22.8 Å². The first-order valence-electron chi connectivity index (χ1n) is 9.13. The molecule has 3 amide bonds. The number of piperidine rings is 1. The molecule has 5 N–H and O–H groups in total. The molecule has 30 heavy (non-hydrogen) atoms. The van der Waals surface area contributed by atoms with Crippen molar-refractivity contribution in [2.75, 3.05) is 18.4 Å². The highest BCUT2D eigenvalue weighted by Gasteiger charge is 2.29. The second-order valence-electron chi connectivity index (χ2n) is 6.68. The van der Waals surface area contributed by atoms with Gasteiger partial charge in [-0.15, -0.1) is 11.3 Å². The highest BCUT2D eigenvalue weighted by Crippen LogP contribution is 2.29. The third-order valence-electron chi connectivity index (χ3n) is 4.37. The number of nitrogens with two attached hydrogens (primary N) is 1. The minimum atomic E-state index is -4.41. The number of primary amides is 1. The molecule has 0 unspecified atom stereocenters. The molecule has 1 aliphatic heterocycles. The normalized spacial score (nSPS) is 16.3. The van der Waals surface area contributed by atoms with Crippen LogP contribution in [0.25, 0.3) is 0 Å². The Kier molecular flexibility index (Phi) is 6.64. The number of alkyl halides is 3. The number of halogens is 3. The van der Waals surface area contributed by atoms with Crippen LogP contribution in [0.2, 0.25) is 0 Å². The van der Waals surface area contributed by atoms with Gasteiger partial charge in [-0.25, -0.2) is 4.79 Å². The summed E-state index contributed by atoms with van der Waals surface area (Å²) in [4.78, 5) is 24.7. The van der Waals surface area contributed by atoms with Crippen LogP contribution in [0.3, 0.4) is 0 Å². The number of carbonyl (C=O) groups is 2. The Morgan fingerprint density at radius 1 is 1.20 bits per heavy atom. The van der Waals surface area contributed by atoms with Gasteiger partial charge < -0.3 is 21.7 Å². The van der Waals surface area contributed by atoms with Crippen LogP contribution in [-0.4, -0.2) is 31.1 Å². The van der Waals surface area contributed by atoms with Crippen molar-refractivity contribution in [1.82, 2.24) is 10.6 Å². The number of benzene rings is 1. The van der Waals surface area contributed by atoms with Crippen molar-refractivity contribution in [3.05, 3.63) is 51.2 Å². The van der Waals surface area contributed by atoms with Crippen LogP contribution < -0.4 is 21.7 Å². The molecule has 0 bridgehead atoms. The van der Waals surface area contributed by atoms with Crippen molar-refractivity contribution in [2.24, 2.45) is 5.73 Å². The second kappa shape index (κ2) is 9.19. The van der Waals surface area contributed by atoms with Crippen LogP contribution in [0.1, 0.15) is 38.5 Å². The van der Waals surface area contributed by atoms with Crippen LogP contribution in [0, 0.1) is 11.8 Å². The van der Waals surface area contributed by atoms with E-state index in [4.69, 9.17) is 5.73 Å². The summed E-state index contributed by atoms with van der Waals surface area (Å²) in [5.74, 6) is 5.23. The van der Waals surface area contributed by atoms with Crippen LogP contribution in [0.15, 0.2) is 30.3 Å². The molecule has 158 valence electrons. The molecule has 1 fully saturated rings. The van der Waals surface area contributed by atoms with Crippen molar-refractivity contribution in [3.8, 4) is 11.8 Å². The molecule has 3 rings (SSSR count). The lowest BCUT2D eigenvalue weighted by Gasteiger charge is -2.23. The second-order valence-corrected chi connectivity index (χ2v) is 7.74. The maximum atomic E-state index is 12.7. The summed E-state index contributed by atoms with van der Waals surface area (Å²) in [5, 5.41) is 8.53. The number of nitrogens with one attached hydrogen (secondary N) is 3. The number of thiophene rings is 1. The molecule has 1 aromatic carbocycles. The summed E-state index contributed by atoms with van der Waals surface area (Å²) in [6, 6.07) is 5.14. The van der Waals surface area contributed by atoms with Gasteiger partial charge in [0.05, 0.1) is 16.1 Å². The van der Waals surface area contributed by atoms with Gasteiger partial charge in [0.25, 0.3) is 5.91 Å². The predicted molar refractivity (Wildman–Crippen MR) is 108 cm³/mol. The number of urea groups is 1. The van der Waals surface area contributed by atoms with E-state index in [1.54, 1.807) is 0 Å². The molecule has 1 aromatic heterocycles. The van der Waals surface area contributed by atoms with E-state index in [-0.39, 0.29) is 22.5 Å². The molecule has 1 saturated heterocycles. The minimum Gasteiger partial charge on any atom is -0.351 e. The van der Waals surface area contributed by atoms with Gasteiger partial charge in [-0.2, -0.15) is 13.2 Å². The Bertz CT molecular complexity index is 984. The summed E-state index contributed by atoms with van der Waals surface area (Å²) >= 11 is 1.07. The van der Waals surface area contributed by atoms with Gasteiger partial charge in [-0.1, -0.05) is 11.8 Å². The molecular formula is C20H19F3N4O2S. The third kappa shape index (κ3) is 5.75.